The van der Waals surface area contributed by atoms with Crippen LogP contribution in [0.25, 0.3) is 0 Å². The standard InChI is InChI=1S/C17H17NO3S/c1-12(2)15-8-7-13(3)17(10-15)21-22(19,20)16-6-4-5-14(9-16)11-18/h4-10,12H,1-3H3. The van der Waals surface area contributed by atoms with Crippen LogP contribution in [0.3, 0.4) is 0 Å². The van der Waals surface area contributed by atoms with Crippen molar-refractivity contribution < 1.29 is 12.6 Å². The number of nitrogens with zero attached hydrogens (tertiary/aromatic N) is 1. The first-order valence-corrected chi connectivity index (χ1v) is 8.29. The van der Waals surface area contributed by atoms with E-state index < -0.39 is 10.1 Å². The molecule has 0 atom stereocenters. The molecular weight excluding hydrogens is 298 g/mol. The number of rotatable bonds is 4. The summed E-state index contributed by atoms with van der Waals surface area (Å²) in [5.41, 5.74) is 2.02. The lowest BCUT2D eigenvalue weighted by atomic mass is 10.0. The van der Waals surface area contributed by atoms with Crippen molar-refractivity contribution in [2.75, 3.05) is 0 Å². The molecule has 0 spiro atoms. The first-order chi connectivity index (χ1) is 10.3. The molecule has 4 nitrogen and oxygen atoms in total. The Morgan fingerprint density at radius 2 is 1.86 bits per heavy atom. The summed E-state index contributed by atoms with van der Waals surface area (Å²) in [4.78, 5) is -0.0269. The van der Waals surface area contributed by atoms with Crippen LogP contribution in [0.5, 0.6) is 5.75 Å². The molecule has 0 saturated heterocycles. The Kier molecular flexibility index (Phi) is 4.53. The van der Waals surface area contributed by atoms with Gasteiger partial charge in [0, 0.05) is 0 Å². The summed E-state index contributed by atoms with van der Waals surface area (Å²) in [5.74, 6) is 0.584. The maximum Gasteiger partial charge on any atom is 0.339 e. The molecule has 0 amide bonds. The fourth-order valence-electron chi connectivity index (χ4n) is 1.95. The Balaban J connectivity index is 2.40. The predicted molar refractivity (Wildman–Crippen MR) is 84.2 cm³/mol. The second kappa shape index (κ2) is 6.20. The van der Waals surface area contributed by atoms with Crippen LogP contribution in [0.2, 0.25) is 0 Å². The Hall–Kier alpha value is -2.32. The first-order valence-electron chi connectivity index (χ1n) is 6.88. The maximum atomic E-state index is 12.4. The largest absolute Gasteiger partial charge is 0.379 e. The fraction of sp³-hybridized carbons (Fsp3) is 0.235. The van der Waals surface area contributed by atoms with E-state index in [0.717, 1.165) is 11.1 Å². The van der Waals surface area contributed by atoms with Gasteiger partial charge < -0.3 is 4.18 Å². The number of hydrogen-bond donors (Lipinski definition) is 0. The SMILES string of the molecule is Cc1ccc(C(C)C)cc1OS(=O)(=O)c1cccc(C#N)c1. The summed E-state index contributed by atoms with van der Waals surface area (Å²) in [7, 11) is -3.96. The lowest BCUT2D eigenvalue weighted by molar-refractivity contribution is 0.483. The summed E-state index contributed by atoms with van der Waals surface area (Å²) < 4.78 is 30.0. The summed E-state index contributed by atoms with van der Waals surface area (Å²) in [5, 5.41) is 8.87. The molecular formula is C17H17NO3S. The third-order valence-electron chi connectivity index (χ3n) is 3.33. The molecule has 2 rings (SSSR count). The van der Waals surface area contributed by atoms with E-state index in [2.05, 4.69) is 0 Å². The lowest BCUT2D eigenvalue weighted by Gasteiger charge is -2.12. The third kappa shape index (κ3) is 3.46. The molecule has 0 N–H and O–H groups in total. The third-order valence-corrected chi connectivity index (χ3v) is 4.56. The van der Waals surface area contributed by atoms with Gasteiger partial charge in [0.05, 0.1) is 11.6 Å². The quantitative estimate of drug-likeness (QED) is 0.806. The van der Waals surface area contributed by atoms with Gasteiger partial charge >= 0.3 is 10.1 Å². The highest BCUT2D eigenvalue weighted by Gasteiger charge is 2.19. The Labute approximate surface area is 131 Å². The molecule has 0 aromatic heterocycles. The molecule has 0 radical (unpaired) electrons. The minimum atomic E-state index is -3.96. The molecule has 0 heterocycles. The smallest absolute Gasteiger partial charge is 0.339 e. The van der Waals surface area contributed by atoms with E-state index in [4.69, 9.17) is 9.44 Å². The normalized spacial score (nSPS) is 11.2. The zero-order valence-corrected chi connectivity index (χ0v) is 13.5. The second-order valence-electron chi connectivity index (χ2n) is 5.36. The zero-order valence-electron chi connectivity index (χ0n) is 12.7. The topological polar surface area (TPSA) is 67.2 Å². The van der Waals surface area contributed by atoms with Crippen LogP contribution in [0.15, 0.2) is 47.4 Å². The van der Waals surface area contributed by atoms with Crippen molar-refractivity contribution in [3.05, 3.63) is 59.2 Å². The fourth-order valence-corrected chi connectivity index (χ4v) is 2.98. The predicted octanol–water partition coefficient (Wildman–Crippen LogP) is 3.76. The molecule has 0 fully saturated rings. The van der Waals surface area contributed by atoms with Crippen molar-refractivity contribution in [3.8, 4) is 11.8 Å². The van der Waals surface area contributed by atoms with E-state index >= 15 is 0 Å². The zero-order chi connectivity index (χ0) is 16.3. The highest BCUT2D eigenvalue weighted by molar-refractivity contribution is 7.87. The van der Waals surface area contributed by atoms with Crippen LogP contribution < -0.4 is 4.18 Å². The molecule has 2 aromatic carbocycles. The van der Waals surface area contributed by atoms with Crippen molar-refractivity contribution in [3.63, 3.8) is 0 Å². The average molecular weight is 315 g/mol. The number of aryl methyl sites for hydroxylation is 1. The maximum absolute atomic E-state index is 12.4. The Morgan fingerprint density at radius 1 is 1.14 bits per heavy atom. The minimum Gasteiger partial charge on any atom is -0.379 e. The van der Waals surface area contributed by atoms with Gasteiger partial charge in [0.15, 0.2) is 0 Å². The van der Waals surface area contributed by atoms with Crippen LogP contribution in [-0.4, -0.2) is 8.42 Å². The Morgan fingerprint density at radius 3 is 2.50 bits per heavy atom. The van der Waals surface area contributed by atoms with E-state index in [0.29, 0.717) is 5.75 Å². The highest BCUT2D eigenvalue weighted by atomic mass is 32.2. The summed E-state index contributed by atoms with van der Waals surface area (Å²) in [6.07, 6.45) is 0. The first kappa shape index (κ1) is 16.1. The molecule has 0 saturated carbocycles. The molecule has 22 heavy (non-hydrogen) atoms. The minimum absolute atomic E-state index is 0.0269. The van der Waals surface area contributed by atoms with Gasteiger partial charge in [-0.25, -0.2) is 0 Å². The van der Waals surface area contributed by atoms with Gasteiger partial charge in [-0.1, -0.05) is 32.0 Å². The molecule has 5 heteroatoms. The Bertz CT molecular complexity index is 833. The molecule has 114 valence electrons. The highest BCUT2D eigenvalue weighted by Crippen LogP contribution is 2.27. The molecule has 0 aliphatic carbocycles. The summed E-state index contributed by atoms with van der Waals surface area (Å²) in [6, 6.07) is 13.2. The second-order valence-corrected chi connectivity index (χ2v) is 6.90. The van der Waals surface area contributed by atoms with Gasteiger partial charge in [-0.15, -0.1) is 0 Å². The van der Waals surface area contributed by atoms with Gasteiger partial charge in [-0.05, 0) is 48.2 Å². The van der Waals surface area contributed by atoms with Crippen molar-refractivity contribution in [1.82, 2.24) is 0 Å². The van der Waals surface area contributed by atoms with E-state index in [1.807, 2.05) is 32.0 Å². The van der Waals surface area contributed by atoms with Gasteiger partial charge in [-0.3, -0.25) is 0 Å². The van der Waals surface area contributed by atoms with Gasteiger partial charge in [0.2, 0.25) is 0 Å². The van der Waals surface area contributed by atoms with E-state index in [-0.39, 0.29) is 16.4 Å². The van der Waals surface area contributed by atoms with Crippen molar-refractivity contribution in [1.29, 1.82) is 5.26 Å². The molecule has 0 aliphatic rings. The van der Waals surface area contributed by atoms with E-state index in [1.54, 1.807) is 19.1 Å². The number of benzene rings is 2. The van der Waals surface area contributed by atoms with Crippen LogP contribution in [0, 0.1) is 18.3 Å². The van der Waals surface area contributed by atoms with Crippen molar-refractivity contribution in [2.45, 2.75) is 31.6 Å². The number of nitriles is 1. The van der Waals surface area contributed by atoms with Crippen LogP contribution >= 0.6 is 0 Å². The molecule has 2 aromatic rings. The van der Waals surface area contributed by atoms with Gasteiger partial charge in [-0.2, -0.15) is 13.7 Å². The van der Waals surface area contributed by atoms with Gasteiger partial charge in [0.1, 0.15) is 10.6 Å². The van der Waals surface area contributed by atoms with Crippen molar-refractivity contribution >= 4 is 10.1 Å². The summed E-state index contributed by atoms with van der Waals surface area (Å²) in [6.45, 7) is 5.85. The molecule has 0 aliphatic heterocycles. The summed E-state index contributed by atoms with van der Waals surface area (Å²) >= 11 is 0. The monoisotopic (exact) mass is 315 g/mol. The van der Waals surface area contributed by atoms with E-state index in [1.165, 1.54) is 18.2 Å². The number of hydrogen-bond acceptors (Lipinski definition) is 4. The van der Waals surface area contributed by atoms with Crippen LogP contribution in [0.4, 0.5) is 0 Å². The molecule has 0 unspecified atom stereocenters. The van der Waals surface area contributed by atoms with Crippen LogP contribution in [0.1, 0.15) is 36.5 Å². The van der Waals surface area contributed by atoms with Crippen LogP contribution in [-0.2, 0) is 10.1 Å². The van der Waals surface area contributed by atoms with Gasteiger partial charge in [0.25, 0.3) is 0 Å². The average Bonchev–Trinajstić information content (AvgIpc) is 2.49. The lowest BCUT2D eigenvalue weighted by Crippen LogP contribution is -2.11. The molecule has 0 bridgehead atoms. The van der Waals surface area contributed by atoms with E-state index in [9.17, 15) is 8.42 Å². The van der Waals surface area contributed by atoms with Crippen molar-refractivity contribution in [2.24, 2.45) is 0 Å².